The summed E-state index contributed by atoms with van der Waals surface area (Å²) < 4.78 is 2.19. The Morgan fingerprint density at radius 1 is 1.22 bits per heavy atom. The zero-order valence-electron chi connectivity index (χ0n) is 10.3. The fourth-order valence-corrected chi connectivity index (χ4v) is 2.26. The van der Waals surface area contributed by atoms with Gasteiger partial charge in [-0.15, -0.1) is 0 Å². The molecule has 0 aliphatic heterocycles. The summed E-state index contributed by atoms with van der Waals surface area (Å²) in [6.07, 6.45) is 6.98. The molecule has 3 heteroatoms. The Labute approximate surface area is 113 Å². The molecule has 1 fully saturated rings. The lowest BCUT2D eigenvalue weighted by Crippen LogP contribution is -2.14. The van der Waals surface area contributed by atoms with Crippen molar-refractivity contribution in [1.29, 1.82) is 0 Å². The molecule has 0 radical (unpaired) electrons. The molecule has 1 aliphatic carbocycles. The van der Waals surface area contributed by atoms with E-state index in [1.807, 2.05) is 18.2 Å². The van der Waals surface area contributed by atoms with Gasteiger partial charge in [-0.3, -0.25) is 0 Å². The average Bonchev–Trinajstić information content (AvgIpc) is 3.10. The summed E-state index contributed by atoms with van der Waals surface area (Å²) in [4.78, 5) is 0. The van der Waals surface area contributed by atoms with E-state index in [2.05, 4.69) is 34.4 Å². The van der Waals surface area contributed by atoms with Gasteiger partial charge in [0.05, 0.1) is 0 Å². The molecule has 1 N–H and O–H groups in total. The Kier molecular flexibility index (Phi) is 3.39. The van der Waals surface area contributed by atoms with Crippen LogP contribution in [-0.2, 0) is 13.1 Å². The van der Waals surface area contributed by atoms with Crippen LogP contribution in [0.25, 0.3) is 0 Å². The minimum atomic E-state index is 0.761. The molecular formula is C15H17ClN2. The van der Waals surface area contributed by atoms with E-state index in [4.69, 9.17) is 11.6 Å². The molecule has 1 aromatic carbocycles. The monoisotopic (exact) mass is 260 g/mol. The first-order valence-electron chi connectivity index (χ1n) is 6.43. The molecule has 0 saturated heterocycles. The maximum Gasteiger partial charge on any atom is 0.0485 e. The van der Waals surface area contributed by atoms with Gasteiger partial charge in [0.1, 0.15) is 0 Å². The Bertz CT molecular complexity index is 529. The van der Waals surface area contributed by atoms with Gasteiger partial charge in [0.25, 0.3) is 0 Å². The summed E-state index contributed by atoms with van der Waals surface area (Å²) in [6, 6.07) is 10.9. The van der Waals surface area contributed by atoms with Crippen LogP contribution in [0, 0.1) is 0 Å². The van der Waals surface area contributed by atoms with E-state index in [-0.39, 0.29) is 0 Å². The molecule has 1 aliphatic rings. The molecule has 0 amide bonds. The smallest absolute Gasteiger partial charge is 0.0485 e. The van der Waals surface area contributed by atoms with Gasteiger partial charge in [-0.2, -0.15) is 0 Å². The largest absolute Gasteiger partial charge is 0.350 e. The van der Waals surface area contributed by atoms with Crippen molar-refractivity contribution in [3.05, 3.63) is 58.9 Å². The second-order valence-electron chi connectivity index (χ2n) is 4.94. The fraction of sp³-hybridized carbons (Fsp3) is 0.333. The summed E-state index contributed by atoms with van der Waals surface area (Å²) in [6.45, 7) is 1.81. The fourth-order valence-electron chi connectivity index (χ4n) is 2.07. The number of nitrogens with zero attached hydrogens (tertiary/aromatic N) is 1. The Balaban J connectivity index is 1.63. The number of benzene rings is 1. The first-order valence-corrected chi connectivity index (χ1v) is 6.80. The van der Waals surface area contributed by atoms with Gasteiger partial charge in [-0.05, 0) is 36.1 Å². The van der Waals surface area contributed by atoms with E-state index in [9.17, 15) is 0 Å². The van der Waals surface area contributed by atoms with Crippen molar-refractivity contribution in [2.75, 3.05) is 0 Å². The van der Waals surface area contributed by atoms with Crippen molar-refractivity contribution >= 4 is 11.6 Å². The third-order valence-electron chi connectivity index (χ3n) is 3.29. The molecule has 2 aromatic rings. The second-order valence-corrected chi connectivity index (χ2v) is 5.35. The van der Waals surface area contributed by atoms with Crippen LogP contribution in [0.3, 0.4) is 0 Å². The van der Waals surface area contributed by atoms with Crippen molar-refractivity contribution in [2.24, 2.45) is 0 Å². The molecule has 0 unspecified atom stereocenters. The van der Waals surface area contributed by atoms with E-state index in [0.717, 1.165) is 29.7 Å². The zero-order chi connectivity index (χ0) is 12.4. The van der Waals surface area contributed by atoms with E-state index in [0.29, 0.717) is 0 Å². The van der Waals surface area contributed by atoms with E-state index >= 15 is 0 Å². The predicted octanol–water partition coefficient (Wildman–Crippen LogP) is 3.44. The zero-order valence-corrected chi connectivity index (χ0v) is 11.0. The summed E-state index contributed by atoms with van der Waals surface area (Å²) in [7, 11) is 0. The van der Waals surface area contributed by atoms with Crippen molar-refractivity contribution in [3.63, 3.8) is 0 Å². The molecule has 3 rings (SSSR count). The molecule has 1 aromatic heterocycles. The summed E-state index contributed by atoms with van der Waals surface area (Å²) in [5.74, 6) is 0. The van der Waals surface area contributed by atoms with Gasteiger partial charge < -0.3 is 9.88 Å². The number of hydrogen-bond acceptors (Lipinski definition) is 1. The molecule has 1 heterocycles. The molecular weight excluding hydrogens is 244 g/mol. The third-order valence-corrected chi connectivity index (χ3v) is 3.66. The number of nitrogens with one attached hydrogen (secondary N) is 1. The number of hydrogen-bond donors (Lipinski definition) is 1. The molecule has 2 nitrogen and oxygen atoms in total. The first-order chi connectivity index (χ1) is 8.81. The average molecular weight is 261 g/mol. The van der Waals surface area contributed by atoms with Gasteiger partial charge in [-0.25, -0.2) is 0 Å². The highest BCUT2D eigenvalue weighted by atomic mass is 35.5. The minimum Gasteiger partial charge on any atom is -0.350 e. The molecule has 0 bridgehead atoms. The van der Waals surface area contributed by atoms with Crippen LogP contribution in [0.4, 0.5) is 0 Å². The quantitative estimate of drug-likeness (QED) is 0.871. The van der Waals surface area contributed by atoms with Crippen LogP contribution < -0.4 is 5.32 Å². The van der Waals surface area contributed by atoms with Crippen molar-refractivity contribution in [3.8, 4) is 0 Å². The lowest BCUT2D eigenvalue weighted by atomic mass is 10.2. The highest BCUT2D eigenvalue weighted by Crippen LogP contribution is 2.20. The maximum atomic E-state index is 6.17. The summed E-state index contributed by atoms with van der Waals surface area (Å²) >= 11 is 6.17. The standard InChI is InChI=1S/C15H17ClN2/c16-15-4-2-1-3-13(15)11-18-8-7-12(10-18)9-17-14-5-6-14/h1-4,7-8,10,14,17H,5-6,9,11H2. The lowest BCUT2D eigenvalue weighted by molar-refractivity contribution is 0.685. The predicted molar refractivity (Wildman–Crippen MR) is 74.8 cm³/mol. The number of rotatable bonds is 5. The van der Waals surface area contributed by atoms with Gasteiger partial charge in [-0.1, -0.05) is 29.8 Å². The number of aromatic nitrogens is 1. The van der Waals surface area contributed by atoms with Crippen LogP contribution in [0.15, 0.2) is 42.7 Å². The van der Waals surface area contributed by atoms with Crippen LogP contribution in [0.1, 0.15) is 24.0 Å². The van der Waals surface area contributed by atoms with E-state index in [1.54, 1.807) is 0 Å². The summed E-state index contributed by atoms with van der Waals surface area (Å²) in [5.41, 5.74) is 2.51. The van der Waals surface area contributed by atoms with E-state index in [1.165, 1.54) is 18.4 Å². The van der Waals surface area contributed by atoms with Gasteiger partial charge in [0.15, 0.2) is 0 Å². The lowest BCUT2D eigenvalue weighted by Gasteiger charge is -2.05. The molecule has 0 spiro atoms. The van der Waals surface area contributed by atoms with Crippen LogP contribution >= 0.6 is 11.6 Å². The topological polar surface area (TPSA) is 17.0 Å². The number of halogens is 1. The van der Waals surface area contributed by atoms with Gasteiger partial charge in [0.2, 0.25) is 0 Å². The van der Waals surface area contributed by atoms with Gasteiger partial charge >= 0.3 is 0 Å². The summed E-state index contributed by atoms with van der Waals surface area (Å²) in [5, 5.41) is 4.36. The van der Waals surface area contributed by atoms with Gasteiger partial charge in [0, 0.05) is 36.5 Å². The normalized spacial score (nSPS) is 14.9. The molecule has 0 atom stereocenters. The SMILES string of the molecule is Clc1ccccc1Cn1ccc(CNC2CC2)c1. The van der Waals surface area contributed by atoms with Crippen molar-refractivity contribution in [1.82, 2.24) is 9.88 Å². The highest BCUT2D eigenvalue weighted by molar-refractivity contribution is 6.31. The Morgan fingerprint density at radius 3 is 2.83 bits per heavy atom. The molecule has 18 heavy (non-hydrogen) atoms. The van der Waals surface area contributed by atoms with Crippen molar-refractivity contribution in [2.45, 2.75) is 32.0 Å². The van der Waals surface area contributed by atoms with Crippen LogP contribution in [0.5, 0.6) is 0 Å². The van der Waals surface area contributed by atoms with Crippen LogP contribution in [0.2, 0.25) is 5.02 Å². The molecule has 1 saturated carbocycles. The second kappa shape index (κ2) is 5.17. The van der Waals surface area contributed by atoms with E-state index < -0.39 is 0 Å². The Morgan fingerprint density at radius 2 is 2.06 bits per heavy atom. The maximum absolute atomic E-state index is 6.17. The van der Waals surface area contributed by atoms with Crippen molar-refractivity contribution < 1.29 is 0 Å². The highest BCUT2D eigenvalue weighted by Gasteiger charge is 2.19. The third kappa shape index (κ3) is 2.95. The molecule has 94 valence electrons. The minimum absolute atomic E-state index is 0.761. The first kappa shape index (κ1) is 11.8. The van der Waals surface area contributed by atoms with Crippen LogP contribution in [-0.4, -0.2) is 10.6 Å². The Hall–Kier alpha value is -1.25.